The summed E-state index contributed by atoms with van der Waals surface area (Å²) in [7, 11) is 0. The zero-order chi connectivity index (χ0) is 10.8. The Kier molecular flexibility index (Phi) is 2.41. The van der Waals surface area contributed by atoms with Crippen LogP contribution >= 0.6 is 0 Å². The maximum atomic E-state index is 11.4. The summed E-state index contributed by atoms with van der Waals surface area (Å²) >= 11 is 0. The van der Waals surface area contributed by atoms with E-state index in [9.17, 15) is 9.59 Å². The van der Waals surface area contributed by atoms with Crippen LogP contribution in [0.3, 0.4) is 0 Å². The molecular formula is C11H12N2O2. The van der Waals surface area contributed by atoms with Crippen molar-refractivity contribution >= 4 is 11.9 Å². The lowest BCUT2D eigenvalue weighted by Gasteiger charge is -2.11. The van der Waals surface area contributed by atoms with Gasteiger partial charge >= 0.3 is 6.03 Å². The van der Waals surface area contributed by atoms with Crippen LogP contribution in [-0.4, -0.2) is 23.4 Å². The number of hydrogen-bond donors (Lipinski definition) is 1. The first-order chi connectivity index (χ1) is 7.18. The normalized spacial score (nSPS) is 20.7. The van der Waals surface area contributed by atoms with E-state index in [1.807, 2.05) is 30.3 Å². The minimum Gasteiger partial charge on any atom is -0.351 e. The topological polar surface area (TPSA) is 63.4 Å². The second kappa shape index (κ2) is 3.73. The van der Waals surface area contributed by atoms with Gasteiger partial charge in [-0.2, -0.15) is 0 Å². The summed E-state index contributed by atoms with van der Waals surface area (Å²) in [5.74, 6) is -0.0949. The molecule has 1 saturated heterocycles. The molecule has 0 aliphatic carbocycles. The van der Waals surface area contributed by atoms with Gasteiger partial charge in [-0.1, -0.05) is 30.3 Å². The number of amides is 3. The zero-order valence-corrected chi connectivity index (χ0v) is 8.22. The van der Waals surface area contributed by atoms with E-state index in [2.05, 4.69) is 0 Å². The van der Waals surface area contributed by atoms with Crippen molar-refractivity contribution in [1.29, 1.82) is 0 Å². The van der Waals surface area contributed by atoms with Crippen LogP contribution in [0, 0.1) is 0 Å². The van der Waals surface area contributed by atoms with E-state index in [0.29, 0.717) is 13.0 Å². The lowest BCUT2D eigenvalue weighted by atomic mass is 9.99. The number of benzene rings is 1. The molecule has 15 heavy (non-hydrogen) atoms. The molecule has 4 heteroatoms. The van der Waals surface area contributed by atoms with Crippen LogP contribution in [0.5, 0.6) is 0 Å². The third-order valence-electron chi connectivity index (χ3n) is 2.66. The molecule has 2 rings (SSSR count). The smallest absolute Gasteiger partial charge is 0.321 e. The lowest BCUT2D eigenvalue weighted by Crippen LogP contribution is -2.36. The molecule has 0 aromatic heterocycles. The summed E-state index contributed by atoms with van der Waals surface area (Å²) in [6.45, 7) is 0.401. The molecule has 1 atom stereocenters. The van der Waals surface area contributed by atoms with E-state index in [0.717, 1.165) is 10.5 Å². The van der Waals surface area contributed by atoms with E-state index >= 15 is 0 Å². The maximum absolute atomic E-state index is 11.4. The van der Waals surface area contributed by atoms with Crippen molar-refractivity contribution in [3.8, 4) is 0 Å². The minimum atomic E-state index is -0.654. The molecule has 0 bridgehead atoms. The molecule has 3 amide bonds. The largest absolute Gasteiger partial charge is 0.351 e. The van der Waals surface area contributed by atoms with E-state index in [1.165, 1.54) is 0 Å². The Morgan fingerprint density at radius 1 is 1.33 bits per heavy atom. The molecule has 78 valence electrons. The molecule has 0 spiro atoms. The van der Waals surface area contributed by atoms with Crippen molar-refractivity contribution < 1.29 is 9.59 Å². The number of nitrogens with zero attached hydrogens (tertiary/aromatic N) is 1. The molecule has 0 radical (unpaired) electrons. The number of primary amides is 1. The van der Waals surface area contributed by atoms with E-state index < -0.39 is 6.03 Å². The van der Waals surface area contributed by atoms with E-state index in [1.54, 1.807) is 0 Å². The highest BCUT2D eigenvalue weighted by molar-refractivity contribution is 5.95. The molecule has 0 saturated carbocycles. The number of urea groups is 1. The summed E-state index contributed by atoms with van der Waals surface area (Å²) in [5.41, 5.74) is 6.17. The number of carbonyl (C=O) groups excluding carboxylic acids is 2. The number of nitrogens with two attached hydrogens (primary N) is 1. The Morgan fingerprint density at radius 2 is 2.00 bits per heavy atom. The Hall–Kier alpha value is -1.84. The lowest BCUT2D eigenvalue weighted by molar-refractivity contribution is -0.125. The van der Waals surface area contributed by atoms with Gasteiger partial charge in [-0.25, -0.2) is 4.79 Å². The molecular weight excluding hydrogens is 192 g/mol. The number of likely N-dealkylation sites (tertiary alicyclic amines) is 1. The summed E-state index contributed by atoms with van der Waals surface area (Å²) in [5, 5.41) is 0. The van der Waals surface area contributed by atoms with E-state index in [4.69, 9.17) is 5.73 Å². The highest BCUT2D eigenvalue weighted by Gasteiger charge is 2.33. The first-order valence-corrected chi connectivity index (χ1v) is 4.83. The molecule has 4 nitrogen and oxygen atoms in total. The van der Waals surface area contributed by atoms with Gasteiger partial charge in [-0.3, -0.25) is 9.69 Å². The molecule has 1 fully saturated rings. The van der Waals surface area contributed by atoms with Gasteiger partial charge in [0.2, 0.25) is 5.91 Å². The van der Waals surface area contributed by atoms with Crippen molar-refractivity contribution in [2.75, 3.05) is 6.54 Å². The Bertz CT molecular complexity index is 389. The minimum absolute atomic E-state index is 0.0891. The number of imide groups is 1. The van der Waals surface area contributed by atoms with Crippen LogP contribution in [0.1, 0.15) is 17.9 Å². The highest BCUT2D eigenvalue weighted by atomic mass is 16.2. The fraction of sp³-hybridized carbons (Fsp3) is 0.273. The third-order valence-corrected chi connectivity index (χ3v) is 2.66. The van der Waals surface area contributed by atoms with Gasteiger partial charge in [0.1, 0.15) is 0 Å². The van der Waals surface area contributed by atoms with Crippen LogP contribution < -0.4 is 5.73 Å². The quantitative estimate of drug-likeness (QED) is 0.744. The Labute approximate surface area is 87.7 Å². The van der Waals surface area contributed by atoms with Gasteiger partial charge in [0.25, 0.3) is 0 Å². The number of rotatable bonds is 1. The predicted molar refractivity (Wildman–Crippen MR) is 55.1 cm³/mol. The summed E-state index contributed by atoms with van der Waals surface area (Å²) in [6.07, 6.45) is 0.368. The fourth-order valence-corrected chi connectivity index (χ4v) is 1.87. The van der Waals surface area contributed by atoms with Gasteiger partial charge in [0.15, 0.2) is 0 Å². The van der Waals surface area contributed by atoms with Crippen molar-refractivity contribution in [2.45, 2.75) is 12.3 Å². The van der Waals surface area contributed by atoms with Gasteiger partial charge in [-0.05, 0) is 5.56 Å². The van der Waals surface area contributed by atoms with Crippen LogP contribution in [0.15, 0.2) is 30.3 Å². The maximum Gasteiger partial charge on any atom is 0.321 e. The number of hydrogen-bond acceptors (Lipinski definition) is 2. The fourth-order valence-electron chi connectivity index (χ4n) is 1.87. The third kappa shape index (κ3) is 1.83. The number of carbonyl (C=O) groups is 2. The van der Waals surface area contributed by atoms with Gasteiger partial charge < -0.3 is 5.73 Å². The van der Waals surface area contributed by atoms with Crippen LogP contribution in [0.25, 0.3) is 0 Å². The van der Waals surface area contributed by atoms with Gasteiger partial charge in [0, 0.05) is 18.9 Å². The molecule has 1 aromatic carbocycles. The Balaban J connectivity index is 2.16. The summed E-state index contributed by atoms with van der Waals surface area (Å²) in [4.78, 5) is 23.4. The first-order valence-electron chi connectivity index (χ1n) is 4.83. The monoisotopic (exact) mass is 204 g/mol. The van der Waals surface area contributed by atoms with Crippen LogP contribution in [0.4, 0.5) is 4.79 Å². The van der Waals surface area contributed by atoms with Crippen molar-refractivity contribution in [3.63, 3.8) is 0 Å². The first kappa shape index (κ1) is 9.71. The summed E-state index contributed by atoms with van der Waals surface area (Å²) < 4.78 is 0. The van der Waals surface area contributed by atoms with Crippen molar-refractivity contribution in [3.05, 3.63) is 35.9 Å². The molecule has 2 N–H and O–H groups in total. The van der Waals surface area contributed by atoms with Crippen LogP contribution in [0.2, 0.25) is 0 Å². The average Bonchev–Trinajstić information content (AvgIpc) is 2.62. The predicted octanol–water partition coefficient (Wildman–Crippen LogP) is 1.08. The summed E-state index contributed by atoms with van der Waals surface area (Å²) in [6, 6.07) is 9.04. The average molecular weight is 204 g/mol. The molecule has 1 aliphatic rings. The van der Waals surface area contributed by atoms with Gasteiger partial charge in [0.05, 0.1) is 0 Å². The molecule has 1 aromatic rings. The molecule has 1 unspecified atom stereocenters. The second-order valence-corrected chi connectivity index (χ2v) is 3.65. The van der Waals surface area contributed by atoms with Crippen LogP contribution in [-0.2, 0) is 4.79 Å². The zero-order valence-electron chi connectivity index (χ0n) is 8.22. The molecule has 1 heterocycles. The van der Waals surface area contributed by atoms with Crippen molar-refractivity contribution in [1.82, 2.24) is 4.90 Å². The second-order valence-electron chi connectivity index (χ2n) is 3.65. The highest BCUT2D eigenvalue weighted by Crippen LogP contribution is 2.27. The van der Waals surface area contributed by atoms with Gasteiger partial charge in [-0.15, -0.1) is 0 Å². The SMILES string of the molecule is NC(=O)N1CC(c2ccccc2)CC1=O. The standard InChI is InChI=1S/C11H12N2O2/c12-11(15)13-7-9(6-10(13)14)8-4-2-1-3-5-8/h1-5,9H,6-7H2,(H2,12,15). The molecule has 1 aliphatic heterocycles. The van der Waals surface area contributed by atoms with Crippen molar-refractivity contribution in [2.24, 2.45) is 5.73 Å². The van der Waals surface area contributed by atoms with E-state index in [-0.39, 0.29) is 11.8 Å². The Morgan fingerprint density at radius 3 is 2.53 bits per heavy atom.